The fourth-order valence-corrected chi connectivity index (χ4v) is 6.73. The SMILES string of the molecule is C[C@H](NC(=O)COC(=O)C[C@@H]1Oc2ccccc2NC1=O)C12CC3CC(CC(C3)C1)C2. The van der Waals surface area contributed by atoms with Crippen molar-refractivity contribution in [2.45, 2.75) is 64.0 Å². The van der Waals surface area contributed by atoms with Crippen molar-refractivity contribution in [3.63, 3.8) is 0 Å². The van der Waals surface area contributed by atoms with Crippen LogP contribution in [0.4, 0.5) is 5.69 Å². The largest absolute Gasteiger partial charge is 0.478 e. The number of carbonyl (C=O) groups is 3. The molecule has 31 heavy (non-hydrogen) atoms. The molecule has 0 saturated heterocycles. The van der Waals surface area contributed by atoms with Crippen molar-refractivity contribution >= 4 is 23.5 Å². The summed E-state index contributed by atoms with van der Waals surface area (Å²) in [6, 6.07) is 7.13. The molecule has 7 nitrogen and oxygen atoms in total. The number of hydrogen-bond acceptors (Lipinski definition) is 5. The van der Waals surface area contributed by atoms with E-state index in [-0.39, 0.29) is 30.4 Å². The molecule has 1 aromatic carbocycles. The summed E-state index contributed by atoms with van der Waals surface area (Å²) in [6.07, 6.45) is 6.49. The number of carbonyl (C=O) groups excluding carboxylic acids is 3. The van der Waals surface area contributed by atoms with Gasteiger partial charge in [-0.3, -0.25) is 14.4 Å². The van der Waals surface area contributed by atoms with Crippen LogP contribution in [0.5, 0.6) is 5.75 Å². The van der Waals surface area contributed by atoms with E-state index in [0.717, 1.165) is 17.8 Å². The third-order valence-electron chi connectivity index (χ3n) is 7.80. The highest BCUT2D eigenvalue weighted by Gasteiger charge is 2.53. The topological polar surface area (TPSA) is 93.7 Å². The summed E-state index contributed by atoms with van der Waals surface area (Å²) in [5.41, 5.74) is 0.783. The van der Waals surface area contributed by atoms with Crippen LogP contribution in [0.3, 0.4) is 0 Å². The van der Waals surface area contributed by atoms with E-state index in [2.05, 4.69) is 17.6 Å². The maximum absolute atomic E-state index is 12.5. The van der Waals surface area contributed by atoms with Crippen LogP contribution in [-0.2, 0) is 19.1 Å². The molecular formula is C24H30N2O5. The minimum absolute atomic E-state index is 0.0797. The van der Waals surface area contributed by atoms with E-state index in [1.807, 2.05) is 0 Å². The summed E-state index contributed by atoms with van der Waals surface area (Å²) in [5.74, 6) is 1.66. The number of nitrogens with one attached hydrogen (secondary N) is 2. The third kappa shape index (κ3) is 4.02. The van der Waals surface area contributed by atoms with Gasteiger partial charge >= 0.3 is 5.97 Å². The lowest BCUT2D eigenvalue weighted by Crippen LogP contribution is -2.56. The summed E-state index contributed by atoms with van der Waals surface area (Å²) in [4.78, 5) is 36.8. The van der Waals surface area contributed by atoms with E-state index in [4.69, 9.17) is 9.47 Å². The minimum atomic E-state index is -0.962. The smallest absolute Gasteiger partial charge is 0.310 e. The summed E-state index contributed by atoms with van der Waals surface area (Å²) >= 11 is 0. The molecule has 0 unspecified atom stereocenters. The summed E-state index contributed by atoms with van der Waals surface area (Å²) in [7, 11) is 0. The molecular weight excluding hydrogens is 396 g/mol. The molecule has 4 fully saturated rings. The normalized spacial score (nSPS) is 33.6. The average molecular weight is 427 g/mol. The molecule has 0 radical (unpaired) electrons. The Balaban J connectivity index is 1.10. The fourth-order valence-electron chi connectivity index (χ4n) is 6.73. The third-order valence-corrected chi connectivity index (χ3v) is 7.80. The predicted octanol–water partition coefficient (Wildman–Crippen LogP) is 3.04. The number of rotatable bonds is 6. The standard InChI is InChI=1S/C24H30N2O5/c1-14(24-10-15-6-16(11-24)8-17(7-15)12-24)25-21(27)13-30-22(28)9-20-23(29)26-18-4-2-3-5-19(18)31-20/h2-5,14-17,20H,6-13H2,1H3,(H,25,27)(H,26,29)/t14-,15?,16?,17?,20-,24?/m0/s1. The first-order valence-electron chi connectivity index (χ1n) is 11.4. The molecule has 4 aliphatic carbocycles. The van der Waals surface area contributed by atoms with Crippen LogP contribution in [0.2, 0.25) is 0 Å². The van der Waals surface area contributed by atoms with Crippen molar-refractivity contribution in [1.82, 2.24) is 5.32 Å². The highest BCUT2D eigenvalue weighted by atomic mass is 16.5. The summed E-state index contributed by atoms with van der Waals surface area (Å²) in [6.45, 7) is 1.77. The second kappa shape index (κ2) is 7.84. The van der Waals surface area contributed by atoms with Crippen molar-refractivity contribution < 1.29 is 23.9 Å². The van der Waals surface area contributed by atoms with Crippen molar-refractivity contribution in [3.05, 3.63) is 24.3 Å². The second-order valence-electron chi connectivity index (χ2n) is 10.0. The molecule has 1 aromatic rings. The summed E-state index contributed by atoms with van der Waals surface area (Å²) < 4.78 is 10.8. The van der Waals surface area contributed by atoms with E-state index in [1.54, 1.807) is 24.3 Å². The Morgan fingerprint density at radius 1 is 1.16 bits per heavy atom. The van der Waals surface area contributed by atoms with Gasteiger partial charge in [0.1, 0.15) is 5.75 Å². The lowest BCUT2D eigenvalue weighted by Gasteiger charge is -2.59. The Bertz CT molecular complexity index is 862. The fraction of sp³-hybridized carbons (Fsp3) is 0.625. The molecule has 5 aliphatic rings. The number of para-hydroxylation sites is 2. The van der Waals surface area contributed by atoms with Gasteiger partial charge in [0.25, 0.3) is 11.8 Å². The number of amides is 2. The first-order valence-corrected chi connectivity index (χ1v) is 11.4. The molecule has 1 heterocycles. The van der Waals surface area contributed by atoms with Gasteiger partial charge in [0.05, 0.1) is 12.1 Å². The van der Waals surface area contributed by atoms with Crippen molar-refractivity contribution in [3.8, 4) is 5.75 Å². The second-order valence-corrected chi connectivity index (χ2v) is 10.0. The number of benzene rings is 1. The number of fused-ring (bicyclic) bond motifs is 1. The lowest BCUT2D eigenvalue weighted by molar-refractivity contribution is -0.152. The number of ether oxygens (including phenoxy) is 2. The Labute approximate surface area is 182 Å². The van der Waals surface area contributed by atoms with Crippen molar-refractivity contribution in [2.75, 3.05) is 11.9 Å². The molecule has 2 N–H and O–H groups in total. The zero-order chi connectivity index (χ0) is 21.6. The van der Waals surface area contributed by atoms with Crippen molar-refractivity contribution in [1.29, 1.82) is 0 Å². The van der Waals surface area contributed by atoms with Gasteiger partial charge in [0.2, 0.25) is 0 Å². The zero-order valence-electron chi connectivity index (χ0n) is 17.9. The highest BCUT2D eigenvalue weighted by molar-refractivity contribution is 5.99. The average Bonchev–Trinajstić information content (AvgIpc) is 2.72. The summed E-state index contributed by atoms with van der Waals surface area (Å²) in [5, 5.41) is 5.81. The van der Waals surface area contributed by atoms with Gasteiger partial charge in [0.15, 0.2) is 12.7 Å². The van der Waals surface area contributed by atoms with Gasteiger partial charge in [-0.05, 0) is 80.8 Å². The molecule has 2 amide bonds. The Kier molecular flexibility index (Phi) is 5.15. The first kappa shape index (κ1) is 20.3. The van der Waals surface area contributed by atoms with Crippen LogP contribution in [0.15, 0.2) is 24.3 Å². The van der Waals surface area contributed by atoms with Crippen LogP contribution in [-0.4, -0.2) is 36.5 Å². The van der Waals surface area contributed by atoms with Gasteiger partial charge in [-0.2, -0.15) is 0 Å². The van der Waals surface area contributed by atoms with Crippen molar-refractivity contribution in [2.24, 2.45) is 23.2 Å². The van der Waals surface area contributed by atoms with Gasteiger partial charge in [-0.15, -0.1) is 0 Å². The van der Waals surface area contributed by atoms with Crippen LogP contribution in [0, 0.1) is 23.2 Å². The Hall–Kier alpha value is -2.57. The maximum atomic E-state index is 12.5. The molecule has 2 atom stereocenters. The molecule has 6 rings (SSSR count). The zero-order valence-corrected chi connectivity index (χ0v) is 17.9. The Morgan fingerprint density at radius 3 is 2.48 bits per heavy atom. The maximum Gasteiger partial charge on any atom is 0.310 e. The monoisotopic (exact) mass is 426 g/mol. The molecule has 166 valence electrons. The van der Waals surface area contributed by atoms with Crippen LogP contribution >= 0.6 is 0 Å². The number of esters is 1. The Morgan fingerprint density at radius 2 is 1.81 bits per heavy atom. The molecule has 4 bridgehead atoms. The predicted molar refractivity (Wildman–Crippen MR) is 113 cm³/mol. The molecule has 1 aliphatic heterocycles. The van der Waals surface area contributed by atoms with E-state index >= 15 is 0 Å². The molecule has 4 saturated carbocycles. The minimum Gasteiger partial charge on any atom is -0.478 e. The van der Waals surface area contributed by atoms with E-state index in [0.29, 0.717) is 11.4 Å². The first-order chi connectivity index (χ1) is 14.9. The molecule has 0 aromatic heterocycles. The van der Waals surface area contributed by atoms with E-state index < -0.39 is 18.0 Å². The highest BCUT2D eigenvalue weighted by Crippen LogP contribution is 2.61. The molecule has 7 heteroatoms. The van der Waals surface area contributed by atoms with Crippen LogP contribution in [0.1, 0.15) is 51.9 Å². The van der Waals surface area contributed by atoms with Gasteiger partial charge < -0.3 is 20.1 Å². The molecule has 0 spiro atoms. The van der Waals surface area contributed by atoms with E-state index in [1.165, 1.54) is 38.5 Å². The van der Waals surface area contributed by atoms with Gasteiger partial charge in [-0.1, -0.05) is 12.1 Å². The van der Waals surface area contributed by atoms with Gasteiger partial charge in [0, 0.05) is 6.04 Å². The number of hydrogen-bond donors (Lipinski definition) is 2. The number of anilines is 1. The lowest BCUT2D eigenvalue weighted by atomic mass is 9.48. The van der Waals surface area contributed by atoms with Crippen LogP contribution < -0.4 is 15.4 Å². The quantitative estimate of drug-likeness (QED) is 0.682. The van der Waals surface area contributed by atoms with E-state index in [9.17, 15) is 14.4 Å². The van der Waals surface area contributed by atoms with Crippen LogP contribution in [0.25, 0.3) is 0 Å². The van der Waals surface area contributed by atoms with Gasteiger partial charge in [-0.25, -0.2) is 0 Å².